The maximum atomic E-state index is 12.1. The quantitative estimate of drug-likeness (QED) is 0.816. The van der Waals surface area contributed by atoms with Crippen molar-refractivity contribution in [2.45, 2.75) is 32.7 Å². The summed E-state index contributed by atoms with van der Waals surface area (Å²) in [6, 6.07) is 7.51. The molecule has 0 aliphatic carbocycles. The molecule has 6 heteroatoms. The second kappa shape index (κ2) is 8.53. The zero-order valence-corrected chi connectivity index (χ0v) is 14.6. The van der Waals surface area contributed by atoms with Crippen molar-refractivity contribution in [1.82, 2.24) is 15.6 Å². The number of methoxy groups -OCH3 is 1. The number of aryl methyl sites for hydroxylation is 1. The van der Waals surface area contributed by atoms with Gasteiger partial charge in [-0.3, -0.25) is 0 Å². The Hall–Kier alpha value is -2.08. The fourth-order valence-electron chi connectivity index (χ4n) is 2.39. The Kier molecular flexibility index (Phi) is 6.40. The fourth-order valence-corrected chi connectivity index (χ4v) is 3.04. The number of urea groups is 1. The highest BCUT2D eigenvalue weighted by Gasteiger charge is 2.16. The first kappa shape index (κ1) is 17.3. The van der Waals surface area contributed by atoms with Crippen molar-refractivity contribution >= 4 is 17.4 Å². The van der Waals surface area contributed by atoms with Crippen LogP contribution < -0.4 is 15.4 Å². The molecule has 0 saturated carbocycles. The average molecular weight is 333 g/mol. The predicted molar refractivity (Wildman–Crippen MR) is 93.1 cm³/mol. The van der Waals surface area contributed by atoms with Gasteiger partial charge in [0.25, 0.3) is 0 Å². The minimum Gasteiger partial charge on any atom is -0.496 e. The van der Waals surface area contributed by atoms with Crippen LogP contribution in [0.15, 0.2) is 29.6 Å². The van der Waals surface area contributed by atoms with Gasteiger partial charge in [-0.25, -0.2) is 9.78 Å². The fraction of sp³-hybridized carbons (Fsp3) is 0.412. The van der Waals surface area contributed by atoms with E-state index < -0.39 is 0 Å². The number of aromatic nitrogens is 1. The molecule has 0 aliphatic rings. The van der Waals surface area contributed by atoms with E-state index in [1.807, 2.05) is 43.5 Å². The van der Waals surface area contributed by atoms with E-state index in [4.69, 9.17) is 4.74 Å². The number of nitrogens with zero attached hydrogens (tertiary/aromatic N) is 1. The molecule has 0 aliphatic heterocycles. The minimum atomic E-state index is -0.172. The van der Waals surface area contributed by atoms with Crippen LogP contribution in [0.5, 0.6) is 5.75 Å². The number of carbonyl (C=O) groups is 1. The highest BCUT2D eigenvalue weighted by atomic mass is 32.1. The van der Waals surface area contributed by atoms with Crippen molar-refractivity contribution in [1.29, 1.82) is 0 Å². The van der Waals surface area contributed by atoms with Gasteiger partial charge >= 0.3 is 6.03 Å². The molecule has 1 atom stereocenters. The molecule has 23 heavy (non-hydrogen) atoms. The summed E-state index contributed by atoms with van der Waals surface area (Å²) in [6.45, 7) is 4.58. The number of hydrogen-bond donors (Lipinski definition) is 2. The van der Waals surface area contributed by atoms with E-state index >= 15 is 0 Å². The number of carbonyl (C=O) groups excluding carboxylic acids is 1. The van der Waals surface area contributed by atoms with Gasteiger partial charge in [0.2, 0.25) is 0 Å². The van der Waals surface area contributed by atoms with Crippen LogP contribution in [0.4, 0.5) is 4.79 Å². The van der Waals surface area contributed by atoms with Crippen LogP contribution in [0, 0.1) is 6.92 Å². The van der Waals surface area contributed by atoms with Gasteiger partial charge in [-0.1, -0.05) is 25.1 Å². The number of rotatable bonds is 7. The third-order valence-corrected chi connectivity index (χ3v) is 4.38. The van der Waals surface area contributed by atoms with E-state index in [1.165, 1.54) is 0 Å². The Bertz CT molecular complexity index is 642. The monoisotopic (exact) mass is 333 g/mol. The molecule has 1 aromatic heterocycles. The third-order valence-electron chi connectivity index (χ3n) is 3.56. The maximum absolute atomic E-state index is 12.1. The van der Waals surface area contributed by atoms with Gasteiger partial charge in [-0.2, -0.15) is 0 Å². The number of nitrogens with one attached hydrogen (secondary N) is 2. The summed E-state index contributed by atoms with van der Waals surface area (Å²) < 4.78 is 5.37. The van der Waals surface area contributed by atoms with Crippen LogP contribution in [0.3, 0.4) is 0 Å². The summed E-state index contributed by atoms with van der Waals surface area (Å²) in [5.41, 5.74) is 2.01. The Balaban J connectivity index is 1.87. The van der Waals surface area contributed by atoms with Crippen LogP contribution in [0.2, 0.25) is 0 Å². The van der Waals surface area contributed by atoms with E-state index in [1.54, 1.807) is 18.4 Å². The third kappa shape index (κ3) is 4.96. The molecule has 0 bridgehead atoms. The van der Waals surface area contributed by atoms with Crippen molar-refractivity contribution in [3.63, 3.8) is 0 Å². The van der Waals surface area contributed by atoms with Crippen LogP contribution >= 0.6 is 11.3 Å². The molecule has 2 aromatic rings. The minimum absolute atomic E-state index is 0.0762. The first-order valence-electron chi connectivity index (χ1n) is 7.72. The molecule has 0 radical (unpaired) electrons. The van der Waals surface area contributed by atoms with Crippen LogP contribution in [-0.2, 0) is 6.42 Å². The lowest BCUT2D eigenvalue weighted by Gasteiger charge is -2.20. The number of thiazole rings is 1. The highest BCUT2D eigenvalue weighted by Crippen LogP contribution is 2.26. The summed E-state index contributed by atoms with van der Waals surface area (Å²) in [7, 11) is 1.64. The zero-order chi connectivity index (χ0) is 16.7. The lowest BCUT2D eigenvalue weighted by Crippen LogP contribution is -2.38. The van der Waals surface area contributed by atoms with Gasteiger partial charge in [0.15, 0.2) is 0 Å². The van der Waals surface area contributed by atoms with Gasteiger partial charge in [0.05, 0.1) is 23.9 Å². The molecule has 124 valence electrons. The molecule has 1 unspecified atom stereocenters. The van der Waals surface area contributed by atoms with Crippen molar-refractivity contribution in [2.24, 2.45) is 0 Å². The largest absolute Gasteiger partial charge is 0.496 e. The molecule has 2 amide bonds. The highest BCUT2D eigenvalue weighted by molar-refractivity contribution is 7.09. The Labute approximate surface area is 141 Å². The molecule has 5 nitrogen and oxygen atoms in total. The Morgan fingerprint density at radius 2 is 2.17 bits per heavy atom. The standard InChI is InChI=1S/C17H23N3O2S/c1-4-15(14-7-5-6-8-16(14)22-3)20-17(21)18-10-9-13-11-23-12(2)19-13/h5-8,11,15H,4,9-10H2,1-3H3,(H2,18,20,21). The van der Waals surface area contributed by atoms with Crippen LogP contribution in [0.25, 0.3) is 0 Å². The molecule has 2 N–H and O–H groups in total. The van der Waals surface area contributed by atoms with Crippen LogP contribution in [-0.4, -0.2) is 24.7 Å². The molecule has 0 saturated heterocycles. The van der Waals surface area contributed by atoms with Crippen molar-refractivity contribution in [3.05, 3.63) is 45.9 Å². The smallest absolute Gasteiger partial charge is 0.315 e. The normalized spacial score (nSPS) is 11.8. The Morgan fingerprint density at radius 3 is 2.83 bits per heavy atom. The lowest BCUT2D eigenvalue weighted by atomic mass is 10.0. The summed E-state index contributed by atoms with van der Waals surface area (Å²) >= 11 is 1.63. The first-order chi connectivity index (χ1) is 11.1. The summed E-state index contributed by atoms with van der Waals surface area (Å²) in [5.74, 6) is 0.789. The summed E-state index contributed by atoms with van der Waals surface area (Å²) in [6.07, 6.45) is 1.53. The zero-order valence-electron chi connectivity index (χ0n) is 13.8. The van der Waals surface area contributed by atoms with Gasteiger partial charge in [-0.05, 0) is 19.4 Å². The summed E-state index contributed by atoms with van der Waals surface area (Å²) in [4.78, 5) is 16.5. The number of ether oxygens (including phenoxy) is 1. The molecular weight excluding hydrogens is 310 g/mol. The number of amides is 2. The topological polar surface area (TPSA) is 63.2 Å². The lowest BCUT2D eigenvalue weighted by molar-refractivity contribution is 0.236. The second-order valence-corrected chi connectivity index (χ2v) is 6.27. The predicted octanol–water partition coefficient (Wildman–Crippen LogP) is 3.45. The Morgan fingerprint density at radius 1 is 1.39 bits per heavy atom. The second-order valence-electron chi connectivity index (χ2n) is 5.21. The van der Waals surface area contributed by atoms with E-state index in [0.29, 0.717) is 6.54 Å². The van der Waals surface area contributed by atoms with E-state index in [0.717, 1.165) is 34.9 Å². The van der Waals surface area contributed by atoms with Gasteiger partial charge in [-0.15, -0.1) is 11.3 Å². The first-order valence-corrected chi connectivity index (χ1v) is 8.60. The molecule has 1 aromatic carbocycles. The molecule has 0 fully saturated rings. The maximum Gasteiger partial charge on any atom is 0.315 e. The number of benzene rings is 1. The number of para-hydroxylation sites is 1. The van der Waals surface area contributed by atoms with Gasteiger partial charge < -0.3 is 15.4 Å². The van der Waals surface area contributed by atoms with Gasteiger partial charge in [0, 0.05) is 23.9 Å². The molecular formula is C17H23N3O2S. The van der Waals surface area contributed by atoms with Gasteiger partial charge in [0.1, 0.15) is 5.75 Å². The SMILES string of the molecule is CCC(NC(=O)NCCc1csc(C)n1)c1ccccc1OC. The van der Waals surface area contributed by atoms with E-state index in [9.17, 15) is 4.79 Å². The van der Waals surface area contributed by atoms with E-state index in [-0.39, 0.29) is 12.1 Å². The van der Waals surface area contributed by atoms with Crippen LogP contribution in [0.1, 0.15) is 35.7 Å². The summed E-state index contributed by atoms with van der Waals surface area (Å²) in [5, 5.41) is 8.96. The number of hydrogen-bond acceptors (Lipinski definition) is 4. The molecule has 0 spiro atoms. The molecule has 1 heterocycles. The average Bonchev–Trinajstić information content (AvgIpc) is 2.98. The van der Waals surface area contributed by atoms with Crippen molar-refractivity contribution < 1.29 is 9.53 Å². The van der Waals surface area contributed by atoms with Crippen molar-refractivity contribution in [2.75, 3.05) is 13.7 Å². The molecule has 2 rings (SSSR count). The van der Waals surface area contributed by atoms with E-state index in [2.05, 4.69) is 15.6 Å². The van der Waals surface area contributed by atoms with Crippen molar-refractivity contribution in [3.8, 4) is 5.75 Å².